The molecule has 4 heteroatoms. The second-order valence-electron chi connectivity index (χ2n) is 4.03. The summed E-state index contributed by atoms with van der Waals surface area (Å²) in [6.45, 7) is 2.47. The first kappa shape index (κ1) is 13.1. The van der Waals surface area contributed by atoms with Gasteiger partial charge in [-0.05, 0) is 42.3 Å². The number of phenols is 2. The number of methoxy groups -OCH3 is 1. The summed E-state index contributed by atoms with van der Waals surface area (Å²) in [4.78, 5) is 0. The lowest BCUT2D eigenvalue weighted by molar-refractivity contribution is 0.336. The van der Waals surface area contributed by atoms with Gasteiger partial charge in [-0.15, -0.1) is 0 Å². The van der Waals surface area contributed by atoms with Gasteiger partial charge in [0.2, 0.25) is 0 Å². The van der Waals surface area contributed by atoms with Crippen molar-refractivity contribution in [3.05, 3.63) is 36.4 Å². The molecular formula is C15H16O4. The van der Waals surface area contributed by atoms with Crippen LogP contribution in [-0.2, 0) is 0 Å². The molecule has 0 radical (unpaired) electrons. The number of hydrogen-bond acceptors (Lipinski definition) is 4. The summed E-state index contributed by atoms with van der Waals surface area (Å²) in [6, 6.07) is 10.2. The zero-order valence-electron chi connectivity index (χ0n) is 10.9. The van der Waals surface area contributed by atoms with E-state index in [1.165, 1.54) is 12.1 Å². The van der Waals surface area contributed by atoms with Crippen molar-refractivity contribution < 1.29 is 19.7 Å². The summed E-state index contributed by atoms with van der Waals surface area (Å²) >= 11 is 0. The van der Waals surface area contributed by atoms with Crippen molar-refractivity contribution in [2.75, 3.05) is 13.7 Å². The predicted molar refractivity (Wildman–Crippen MR) is 72.9 cm³/mol. The molecule has 0 aliphatic carbocycles. The van der Waals surface area contributed by atoms with E-state index in [1.54, 1.807) is 19.2 Å². The van der Waals surface area contributed by atoms with Gasteiger partial charge in [-0.3, -0.25) is 0 Å². The number of phenolic OH excluding ortho intramolecular Hbond substituents is 2. The van der Waals surface area contributed by atoms with Gasteiger partial charge in [0, 0.05) is 6.07 Å². The molecule has 2 aromatic carbocycles. The lowest BCUT2D eigenvalue weighted by Gasteiger charge is -2.10. The van der Waals surface area contributed by atoms with Crippen molar-refractivity contribution in [2.45, 2.75) is 6.92 Å². The molecule has 0 atom stereocenters. The largest absolute Gasteiger partial charge is 0.504 e. The Morgan fingerprint density at radius 2 is 1.63 bits per heavy atom. The van der Waals surface area contributed by atoms with Crippen molar-refractivity contribution >= 4 is 0 Å². The molecule has 19 heavy (non-hydrogen) atoms. The maximum absolute atomic E-state index is 9.55. The third kappa shape index (κ3) is 2.91. The first-order valence-corrected chi connectivity index (χ1v) is 5.98. The number of rotatable bonds is 4. The predicted octanol–water partition coefficient (Wildman–Crippen LogP) is 3.17. The van der Waals surface area contributed by atoms with Crippen molar-refractivity contribution in [1.82, 2.24) is 0 Å². The molecule has 0 aliphatic heterocycles. The topological polar surface area (TPSA) is 58.9 Å². The van der Waals surface area contributed by atoms with Crippen LogP contribution in [-0.4, -0.2) is 23.9 Å². The average Bonchev–Trinajstić information content (AvgIpc) is 2.42. The van der Waals surface area contributed by atoms with E-state index in [2.05, 4.69) is 0 Å². The molecule has 0 spiro atoms. The summed E-state index contributed by atoms with van der Waals surface area (Å²) in [5.41, 5.74) is 1.62. The normalized spacial score (nSPS) is 10.2. The maximum atomic E-state index is 9.55. The van der Waals surface area contributed by atoms with Crippen LogP contribution in [0.5, 0.6) is 23.0 Å². The quantitative estimate of drug-likeness (QED) is 0.829. The molecule has 0 bridgehead atoms. The molecule has 0 fully saturated rings. The highest BCUT2D eigenvalue weighted by atomic mass is 16.5. The molecule has 0 unspecified atom stereocenters. The van der Waals surface area contributed by atoms with Gasteiger partial charge in [0.15, 0.2) is 11.5 Å². The molecule has 0 saturated heterocycles. The van der Waals surface area contributed by atoms with Gasteiger partial charge >= 0.3 is 0 Å². The van der Waals surface area contributed by atoms with E-state index in [9.17, 15) is 10.2 Å². The fraction of sp³-hybridized carbons (Fsp3) is 0.200. The van der Waals surface area contributed by atoms with Crippen molar-refractivity contribution in [3.63, 3.8) is 0 Å². The second-order valence-corrected chi connectivity index (χ2v) is 4.03. The van der Waals surface area contributed by atoms with Crippen LogP contribution in [0.25, 0.3) is 11.1 Å². The molecule has 0 aliphatic rings. The number of aromatic hydroxyl groups is 2. The summed E-state index contributed by atoms with van der Waals surface area (Å²) in [6.07, 6.45) is 0. The Morgan fingerprint density at radius 1 is 0.895 bits per heavy atom. The number of ether oxygens (including phenoxy) is 2. The van der Waals surface area contributed by atoms with Gasteiger partial charge in [-0.1, -0.05) is 6.07 Å². The van der Waals surface area contributed by atoms with E-state index >= 15 is 0 Å². The molecule has 2 rings (SSSR count). The molecule has 0 saturated carbocycles. The van der Waals surface area contributed by atoms with Crippen LogP contribution in [0.3, 0.4) is 0 Å². The highest BCUT2D eigenvalue weighted by Gasteiger charge is 2.07. The summed E-state index contributed by atoms with van der Waals surface area (Å²) in [5, 5.41) is 18.9. The highest BCUT2D eigenvalue weighted by molar-refractivity contribution is 5.69. The Bertz CT molecular complexity index is 578. The number of benzene rings is 2. The first-order valence-electron chi connectivity index (χ1n) is 5.98. The Kier molecular flexibility index (Phi) is 3.80. The van der Waals surface area contributed by atoms with Crippen LogP contribution in [0.1, 0.15) is 6.92 Å². The lowest BCUT2D eigenvalue weighted by atomic mass is 10.0. The highest BCUT2D eigenvalue weighted by Crippen LogP contribution is 2.34. The van der Waals surface area contributed by atoms with Crippen LogP contribution in [0.4, 0.5) is 0 Å². The van der Waals surface area contributed by atoms with E-state index in [0.717, 1.165) is 11.1 Å². The molecule has 2 N–H and O–H groups in total. The fourth-order valence-corrected chi connectivity index (χ4v) is 1.81. The Balaban J connectivity index is 2.47. The molecule has 0 aromatic heterocycles. The van der Waals surface area contributed by atoms with Crippen LogP contribution in [0.15, 0.2) is 36.4 Å². The molecule has 4 nitrogen and oxygen atoms in total. The minimum Gasteiger partial charge on any atom is -0.504 e. The minimum atomic E-state index is -0.154. The second kappa shape index (κ2) is 5.52. The van der Waals surface area contributed by atoms with Gasteiger partial charge in [-0.2, -0.15) is 0 Å². The average molecular weight is 260 g/mol. The zero-order chi connectivity index (χ0) is 13.8. The summed E-state index contributed by atoms with van der Waals surface area (Å²) in [5.74, 6) is 1.08. The van der Waals surface area contributed by atoms with Crippen molar-refractivity contribution in [3.8, 4) is 34.1 Å². The molecular weight excluding hydrogens is 244 g/mol. The lowest BCUT2D eigenvalue weighted by Crippen LogP contribution is -1.93. The van der Waals surface area contributed by atoms with E-state index in [4.69, 9.17) is 9.47 Å². The molecule has 0 heterocycles. The van der Waals surface area contributed by atoms with Crippen molar-refractivity contribution in [2.24, 2.45) is 0 Å². The standard InChI is InChI=1S/C15H16O4/c1-3-19-13-7-11(6-12(9-13)18-2)10-4-5-14(16)15(17)8-10/h4-9,16-17H,3H2,1-2H3. The van der Waals surface area contributed by atoms with Gasteiger partial charge in [0.25, 0.3) is 0 Å². The summed E-state index contributed by atoms with van der Waals surface area (Å²) in [7, 11) is 1.59. The Hall–Kier alpha value is -2.36. The van der Waals surface area contributed by atoms with E-state index in [-0.39, 0.29) is 11.5 Å². The monoisotopic (exact) mass is 260 g/mol. The van der Waals surface area contributed by atoms with Gasteiger partial charge in [-0.25, -0.2) is 0 Å². The first-order chi connectivity index (χ1) is 9.13. The van der Waals surface area contributed by atoms with Gasteiger partial charge in [0.1, 0.15) is 11.5 Å². The zero-order valence-corrected chi connectivity index (χ0v) is 10.9. The van der Waals surface area contributed by atoms with Gasteiger partial charge < -0.3 is 19.7 Å². The summed E-state index contributed by atoms with van der Waals surface area (Å²) < 4.78 is 10.7. The van der Waals surface area contributed by atoms with Crippen LogP contribution in [0, 0.1) is 0 Å². The van der Waals surface area contributed by atoms with E-state index in [0.29, 0.717) is 18.1 Å². The Morgan fingerprint density at radius 3 is 2.26 bits per heavy atom. The van der Waals surface area contributed by atoms with Crippen molar-refractivity contribution in [1.29, 1.82) is 0 Å². The van der Waals surface area contributed by atoms with Gasteiger partial charge in [0.05, 0.1) is 13.7 Å². The third-order valence-corrected chi connectivity index (χ3v) is 2.74. The SMILES string of the molecule is CCOc1cc(OC)cc(-c2ccc(O)c(O)c2)c1. The molecule has 100 valence electrons. The van der Waals surface area contributed by atoms with E-state index in [1.807, 2.05) is 19.1 Å². The molecule has 2 aromatic rings. The van der Waals surface area contributed by atoms with Crippen LogP contribution < -0.4 is 9.47 Å². The number of hydrogen-bond donors (Lipinski definition) is 2. The fourth-order valence-electron chi connectivity index (χ4n) is 1.81. The Labute approximate surface area is 111 Å². The minimum absolute atomic E-state index is 0.142. The maximum Gasteiger partial charge on any atom is 0.158 e. The third-order valence-electron chi connectivity index (χ3n) is 2.74. The molecule has 0 amide bonds. The smallest absolute Gasteiger partial charge is 0.158 e. The van der Waals surface area contributed by atoms with Crippen LogP contribution in [0.2, 0.25) is 0 Å². The van der Waals surface area contributed by atoms with E-state index < -0.39 is 0 Å². The van der Waals surface area contributed by atoms with Crippen LogP contribution >= 0.6 is 0 Å².